The van der Waals surface area contributed by atoms with Crippen molar-refractivity contribution in [2.45, 2.75) is 64.5 Å². The Morgan fingerprint density at radius 2 is 2.24 bits per heavy atom. The highest BCUT2D eigenvalue weighted by molar-refractivity contribution is 5.82. The molecule has 1 saturated heterocycles. The molecule has 8 nitrogen and oxygen atoms in total. The number of aryl methyl sites for hydroxylation is 1. The van der Waals surface area contributed by atoms with E-state index in [1.54, 1.807) is 4.57 Å². The van der Waals surface area contributed by atoms with Gasteiger partial charge in [-0.2, -0.15) is 9.97 Å². The minimum Gasteiger partial charge on any atom is -0.382 e. The third kappa shape index (κ3) is 4.31. The van der Waals surface area contributed by atoms with E-state index < -0.39 is 0 Å². The monoisotopic (exact) mass is 348 g/mol. The summed E-state index contributed by atoms with van der Waals surface area (Å²) < 4.78 is 7.30. The van der Waals surface area contributed by atoms with E-state index >= 15 is 0 Å². The van der Waals surface area contributed by atoms with Gasteiger partial charge in [-0.1, -0.05) is 13.3 Å². The molecule has 0 bridgehead atoms. The normalized spacial score (nSPS) is 17.4. The van der Waals surface area contributed by atoms with Crippen LogP contribution in [0.25, 0.3) is 11.2 Å². The van der Waals surface area contributed by atoms with Gasteiger partial charge in [0.05, 0.1) is 6.10 Å². The first-order chi connectivity index (χ1) is 12.2. The first-order valence-electron chi connectivity index (χ1n) is 9.30. The zero-order valence-corrected chi connectivity index (χ0v) is 14.9. The number of H-pyrrole nitrogens is 1. The average Bonchev–Trinajstić information content (AvgIpc) is 3.21. The topological polar surface area (TPSA) is 111 Å². The maximum Gasteiger partial charge on any atom is 0.327 e. The molecule has 3 heterocycles. The molecule has 8 heteroatoms. The molecular weight excluding hydrogens is 320 g/mol. The number of hydrogen-bond acceptors (Lipinski definition) is 6. The number of nitrogens with one attached hydrogen (secondary N) is 2. The number of nitrogen functional groups attached to an aromatic ring is 1. The number of imidazole rings is 1. The predicted molar refractivity (Wildman–Crippen MR) is 98.8 cm³/mol. The largest absolute Gasteiger partial charge is 0.382 e. The fourth-order valence-electron chi connectivity index (χ4n) is 3.23. The van der Waals surface area contributed by atoms with Crippen LogP contribution in [0.5, 0.6) is 0 Å². The Kier molecular flexibility index (Phi) is 5.91. The van der Waals surface area contributed by atoms with Crippen molar-refractivity contribution < 1.29 is 4.74 Å². The van der Waals surface area contributed by atoms with Gasteiger partial charge >= 0.3 is 5.69 Å². The third-order valence-electron chi connectivity index (χ3n) is 4.65. The summed E-state index contributed by atoms with van der Waals surface area (Å²) in [4.78, 5) is 23.8. The van der Waals surface area contributed by atoms with Crippen LogP contribution in [0.1, 0.15) is 51.9 Å². The van der Waals surface area contributed by atoms with E-state index in [-0.39, 0.29) is 5.69 Å². The van der Waals surface area contributed by atoms with Crippen LogP contribution in [0, 0.1) is 0 Å². The SMILES string of the molecule is CCCCNc1nc(N)c2[nH]c(=O)n(CCCCC3CCCO3)c2n1. The van der Waals surface area contributed by atoms with E-state index in [0.717, 1.165) is 58.1 Å². The Morgan fingerprint density at radius 3 is 3.00 bits per heavy atom. The molecule has 2 aromatic rings. The molecule has 138 valence electrons. The molecule has 3 rings (SSSR count). The molecule has 2 aromatic heterocycles. The Bertz CT molecular complexity index is 747. The molecule has 4 N–H and O–H groups in total. The summed E-state index contributed by atoms with van der Waals surface area (Å²) in [5, 5.41) is 3.17. The molecule has 0 spiro atoms. The number of unbranched alkanes of at least 4 members (excludes halogenated alkanes) is 2. The van der Waals surface area contributed by atoms with Crippen LogP contribution in [0.4, 0.5) is 11.8 Å². The van der Waals surface area contributed by atoms with Gasteiger partial charge in [0, 0.05) is 19.7 Å². The Balaban J connectivity index is 1.67. The highest BCUT2D eigenvalue weighted by Gasteiger charge is 2.16. The van der Waals surface area contributed by atoms with Crippen molar-refractivity contribution in [2.75, 3.05) is 24.2 Å². The Labute approximate surface area is 147 Å². The van der Waals surface area contributed by atoms with Gasteiger partial charge in [0.15, 0.2) is 11.5 Å². The lowest BCUT2D eigenvalue weighted by Crippen LogP contribution is -2.17. The van der Waals surface area contributed by atoms with Gasteiger partial charge in [-0.05, 0) is 38.5 Å². The number of nitrogens with two attached hydrogens (primary N) is 1. The number of rotatable bonds is 9. The quantitative estimate of drug-likeness (QED) is 0.600. The van der Waals surface area contributed by atoms with Crippen molar-refractivity contribution >= 4 is 22.9 Å². The number of nitrogens with zero attached hydrogens (tertiary/aromatic N) is 3. The standard InChI is InChI=1S/C17H28N6O2/c1-2-3-9-19-16-21-14(18)13-15(22-16)23(17(24)20-13)10-5-4-7-12-8-6-11-25-12/h12H,2-11H2,1H3,(H,20,24)(H3,18,19,21,22). The summed E-state index contributed by atoms with van der Waals surface area (Å²) in [6, 6.07) is 0. The van der Waals surface area contributed by atoms with Crippen LogP contribution in [-0.2, 0) is 11.3 Å². The van der Waals surface area contributed by atoms with E-state index in [0.29, 0.717) is 35.6 Å². The van der Waals surface area contributed by atoms with E-state index in [9.17, 15) is 4.79 Å². The molecule has 1 fully saturated rings. The molecule has 0 saturated carbocycles. The van der Waals surface area contributed by atoms with Gasteiger partial charge in [-0.3, -0.25) is 4.57 Å². The number of aromatic nitrogens is 4. The van der Waals surface area contributed by atoms with Crippen molar-refractivity contribution in [2.24, 2.45) is 0 Å². The minimum absolute atomic E-state index is 0.182. The van der Waals surface area contributed by atoms with E-state index in [1.807, 2.05) is 0 Å². The second-order valence-corrected chi connectivity index (χ2v) is 6.62. The first kappa shape index (κ1) is 17.7. The Morgan fingerprint density at radius 1 is 1.36 bits per heavy atom. The summed E-state index contributed by atoms with van der Waals surface area (Å²) in [5.74, 6) is 0.782. The molecular formula is C17H28N6O2. The summed E-state index contributed by atoms with van der Waals surface area (Å²) in [5.41, 5.74) is 6.90. The highest BCUT2D eigenvalue weighted by Crippen LogP contribution is 2.19. The number of aromatic amines is 1. The molecule has 0 aromatic carbocycles. The molecule has 1 aliphatic rings. The summed E-state index contributed by atoms with van der Waals surface area (Å²) in [6.45, 7) is 4.42. The first-order valence-corrected chi connectivity index (χ1v) is 9.30. The fourth-order valence-corrected chi connectivity index (χ4v) is 3.23. The van der Waals surface area contributed by atoms with E-state index in [2.05, 4.69) is 27.2 Å². The molecule has 1 atom stereocenters. The lowest BCUT2D eigenvalue weighted by Gasteiger charge is -2.09. The van der Waals surface area contributed by atoms with Crippen molar-refractivity contribution in [1.29, 1.82) is 0 Å². The van der Waals surface area contributed by atoms with Gasteiger partial charge in [0.2, 0.25) is 5.95 Å². The maximum atomic E-state index is 12.3. The summed E-state index contributed by atoms with van der Waals surface area (Å²) in [7, 11) is 0. The van der Waals surface area contributed by atoms with Gasteiger partial charge in [-0.25, -0.2) is 4.79 Å². The number of fused-ring (bicyclic) bond motifs is 1. The van der Waals surface area contributed by atoms with Crippen LogP contribution in [0.2, 0.25) is 0 Å². The van der Waals surface area contributed by atoms with Gasteiger partial charge in [0.1, 0.15) is 5.52 Å². The molecule has 0 radical (unpaired) electrons. The lowest BCUT2D eigenvalue weighted by molar-refractivity contribution is 0.102. The third-order valence-corrected chi connectivity index (χ3v) is 4.65. The molecule has 1 aliphatic heterocycles. The van der Waals surface area contributed by atoms with Crippen molar-refractivity contribution in [3.63, 3.8) is 0 Å². The highest BCUT2D eigenvalue weighted by atomic mass is 16.5. The smallest absolute Gasteiger partial charge is 0.327 e. The number of anilines is 2. The molecule has 1 unspecified atom stereocenters. The zero-order chi connectivity index (χ0) is 17.6. The van der Waals surface area contributed by atoms with Gasteiger partial charge in [0.25, 0.3) is 0 Å². The summed E-state index contributed by atoms with van der Waals surface area (Å²) >= 11 is 0. The van der Waals surface area contributed by atoms with Crippen LogP contribution in [0.3, 0.4) is 0 Å². The second-order valence-electron chi connectivity index (χ2n) is 6.62. The van der Waals surface area contributed by atoms with Crippen molar-refractivity contribution in [1.82, 2.24) is 19.5 Å². The minimum atomic E-state index is -0.182. The lowest BCUT2D eigenvalue weighted by atomic mass is 10.1. The molecule has 25 heavy (non-hydrogen) atoms. The van der Waals surface area contributed by atoms with Crippen LogP contribution in [-0.4, -0.2) is 38.8 Å². The second kappa shape index (κ2) is 8.33. The zero-order valence-electron chi connectivity index (χ0n) is 14.9. The summed E-state index contributed by atoms with van der Waals surface area (Å²) in [6.07, 6.45) is 7.83. The van der Waals surface area contributed by atoms with Crippen LogP contribution in [0.15, 0.2) is 4.79 Å². The Hall–Kier alpha value is -2.09. The fraction of sp³-hybridized carbons (Fsp3) is 0.706. The maximum absolute atomic E-state index is 12.3. The van der Waals surface area contributed by atoms with Crippen molar-refractivity contribution in [3.05, 3.63) is 10.5 Å². The van der Waals surface area contributed by atoms with E-state index in [4.69, 9.17) is 10.5 Å². The van der Waals surface area contributed by atoms with Crippen LogP contribution >= 0.6 is 0 Å². The molecule has 0 amide bonds. The number of ether oxygens (including phenoxy) is 1. The van der Waals surface area contributed by atoms with Gasteiger partial charge < -0.3 is 20.8 Å². The average molecular weight is 348 g/mol. The molecule has 0 aliphatic carbocycles. The van der Waals surface area contributed by atoms with E-state index in [1.165, 1.54) is 0 Å². The van der Waals surface area contributed by atoms with Gasteiger partial charge in [-0.15, -0.1) is 0 Å². The van der Waals surface area contributed by atoms with Crippen molar-refractivity contribution in [3.8, 4) is 0 Å². The predicted octanol–water partition coefficient (Wildman–Crippen LogP) is 2.26. The number of hydrogen-bond donors (Lipinski definition) is 3. The van der Waals surface area contributed by atoms with Crippen LogP contribution < -0.4 is 16.7 Å².